The van der Waals surface area contributed by atoms with Gasteiger partial charge in [0.25, 0.3) is 5.91 Å². The summed E-state index contributed by atoms with van der Waals surface area (Å²) >= 11 is 0. The van der Waals surface area contributed by atoms with Gasteiger partial charge in [-0.15, -0.1) is 0 Å². The highest BCUT2D eigenvalue weighted by atomic mass is 19.1. The van der Waals surface area contributed by atoms with Crippen molar-refractivity contribution in [2.24, 2.45) is 0 Å². The van der Waals surface area contributed by atoms with Crippen LogP contribution in [0.4, 0.5) is 4.39 Å². The lowest BCUT2D eigenvalue weighted by Crippen LogP contribution is -2.47. The third-order valence-electron chi connectivity index (χ3n) is 2.28. The van der Waals surface area contributed by atoms with Gasteiger partial charge in [-0.2, -0.15) is 5.26 Å². The maximum absolute atomic E-state index is 12.7. The Morgan fingerprint density at radius 3 is 2.81 bits per heavy atom. The molecule has 1 saturated heterocycles. The molecule has 2 N–H and O–H groups in total. The third kappa shape index (κ3) is 2.46. The van der Waals surface area contributed by atoms with Crippen LogP contribution in [-0.4, -0.2) is 41.9 Å². The number of carbonyl (C=O) groups is 2. The first-order valence-corrected chi connectivity index (χ1v) is 4.72. The SMILES string of the molecule is N#CC1(C(=O)NC[C@H](F)C(=O)O)CCCO1. The highest BCUT2D eigenvalue weighted by molar-refractivity contribution is 5.89. The molecule has 88 valence electrons. The predicted octanol–water partition coefficient (Wildman–Crippen LogP) is -0.402. The van der Waals surface area contributed by atoms with E-state index in [1.165, 1.54) is 0 Å². The van der Waals surface area contributed by atoms with E-state index in [2.05, 4.69) is 5.32 Å². The molecule has 0 aliphatic carbocycles. The van der Waals surface area contributed by atoms with Crippen LogP contribution in [-0.2, 0) is 14.3 Å². The van der Waals surface area contributed by atoms with Gasteiger partial charge in [0.2, 0.25) is 11.8 Å². The Hall–Kier alpha value is -1.68. The number of carboxylic acid groups (broad SMARTS) is 1. The number of hydrogen-bond acceptors (Lipinski definition) is 4. The van der Waals surface area contributed by atoms with Gasteiger partial charge in [-0.3, -0.25) is 4.79 Å². The maximum Gasteiger partial charge on any atom is 0.340 e. The molecular weight excluding hydrogens is 219 g/mol. The number of alkyl halides is 1. The number of rotatable bonds is 4. The minimum atomic E-state index is -2.18. The molecule has 0 bridgehead atoms. The van der Waals surface area contributed by atoms with E-state index >= 15 is 0 Å². The van der Waals surface area contributed by atoms with Gasteiger partial charge >= 0.3 is 5.97 Å². The molecule has 1 amide bonds. The van der Waals surface area contributed by atoms with Crippen LogP contribution in [0.1, 0.15) is 12.8 Å². The van der Waals surface area contributed by atoms with Gasteiger partial charge in [0, 0.05) is 13.0 Å². The number of hydrogen-bond donors (Lipinski definition) is 2. The molecule has 16 heavy (non-hydrogen) atoms. The molecule has 0 aromatic carbocycles. The highest BCUT2D eigenvalue weighted by Crippen LogP contribution is 2.24. The molecule has 0 radical (unpaired) electrons. The Morgan fingerprint density at radius 1 is 1.69 bits per heavy atom. The highest BCUT2D eigenvalue weighted by Gasteiger charge is 2.43. The van der Waals surface area contributed by atoms with Gasteiger partial charge in [0.15, 0.2) is 0 Å². The van der Waals surface area contributed by atoms with E-state index in [0.29, 0.717) is 13.0 Å². The fourth-order valence-corrected chi connectivity index (χ4v) is 1.37. The Labute approximate surface area is 91.0 Å². The van der Waals surface area contributed by atoms with E-state index < -0.39 is 30.2 Å². The van der Waals surface area contributed by atoms with Crippen LogP contribution in [0.5, 0.6) is 0 Å². The summed E-state index contributed by atoms with van der Waals surface area (Å²) in [5.74, 6) is -2.44. The van der Waals surface area contributed by atoms with E-state index in [9.17, 15) is 14.0 Å². The van der Waals surface area contributed by atoms with E-state index in [-0.39, 0.29) is 6.42 Å². The minimum Gasteiger partial charge on any atom is -0.479 e. The molecule has 7 heteroatoms. The van der Waals surface area contributed by atoms with Crippen LogP contribution in [0.15, 0.2) is 0 Å². The van der Waals surface area contributed by atoms with Crippen molar-refractivity contribution >= 4 is 11.9 Å². The average molecular weight is 230 g/mol. The Morgan fingerprint density at radius 2 is 2.38 bits per heavy atom. The summed E-state index contributed by atoms with van der Waals surface area (Å²) in [5, 5.41) is 19.1. The number of halogens is 1. The lowest BCUT2D eigenvalue weighted by Gasteiger charge is -2.18. The van der Waals surface area contributed by atoms with Gasteiger partial charge in [0.1, 0.15) is 6.07 Å². The number of aliphatic carboxylic acids is 1. The average Bonchev–Trinajstić information content (AvgIpc) is 2.74. The monoisotopic (exact) mass is 230 g/mol. The summed E-state index contributed by atoms with van der Waals surface area (Å²) in [6.07, 6.45) is -1.38. The molecule has 1 rings (SSSR count). The van der Waals surface area contributed by atoms with Crippen LogP contribution in [0.25, 0.3) is 0 Å². The maximum atomic E-state index is 12.7. The molecule has 1 unspecified atom stereocenters. The van der Waals surface area contributed by atoms with Gasteiger partial charge < -0.3 is 15.2 Å². The number of ether oxygens (including phenoxy) is 1. The molecule has 0 aromatic heterocycles. The molecule has 0 aromatic rings. The molecule has 2 atom stereocenters. The van der Waals surface area contributed by atoms with E-state index in [0.717, 1.165) is 0 Å². The fourth-order valence-electron chi connectivity index (χ4n) is 1.37. The lowest BCUT2D eigenvalue weighted by molar-refractivity contribution is -0.143. The second-order valence-electron chi connectivity index (χ2n) is 3.41. The fraction of sp³-hybridized carbons (Fsp3) is 0.667. The molecular formula is C9H11FN2O4. The Kier molecular flexibility index (Phi) is 3.79. The molecule has 0 spiro atoms. The van der Waals surface area contributed by atoms with E-state index in [1.54, 1.807) is 6.07 Å². The van der Waals surface area contributed by atoms with Crippen LogP contribution in [0.3, 0.4) is 0 Å². The smallest absolute Gasteiger partial charge is 0.340 e. The summed E-state index contributed by atoms with van der Waals surface area (Å²) in [4.78, 5) is 21.7. The topological polar surface area (TPSA) is 99.4 Å². The molecule has 1 heterocycles. The Balaban J connectivity index is 2.52. The van der Waals surface area contributed by atoms with Crippen molar-refractivity contribution in [3.05, 3.63) is 0 Å². The van der Waals surface area contributed by atoms with Gasteiger partial charge in [0.05, 0.1) is 6.54 Å². The molecule has 0 saturated carbocycles. The van der Waals surface area contributed by atoms with Gasteiger partial charge in [-0.05, 0) is 6.42 Å². The van der Waals surface area contributed by atoms with Crippen molar-refractivity contribution in [3.63, 3.8) is 0 Å². The van der Waals surface area contributed by atoms with Crippen molar-refractivity contribution in [3.8, 4) is 6.07 Å². The lowest BCUT2D eigenvalue weighted by atomic mass is 10.0. The predicted molar refractivity (Wildman–Crippen MR) is 49.1 cm³/mol. The van der Waals surface area contributed by atoms with Crippen LogP contribution in [0.2, 0.25) is 0 Å². The number of carbonyl (C=O) groups excluding carboxylic acids is 1. The molecule has 1 aliphatic rings. The van der Waals surface area contributed by atoms with Crippen molar-refractivity contribution in [1.82, 2.24) is 5.32 Å². The number of amides is 1. The first-order valence-electron chi connectivity index (χ1n) is 4.72. The summed E-state index contributed by atoms with van der Waals surface area (Å²) in [7, 11) is 0. The summed E-state index contributed by atoms with van der Waals surface area (Å²) < 4.78 is 17.7. The first-order chi connectivity index (χ1) is 7.52. The number of nitrogens with one attached hydrogen (secondary N) is 1. The first kappa shape index (κ1) is 12.4. The number of nitrogens with zero attached hydrogens (tertiary/aromatic N) is 1. The zero-order chi connectivity index (χ0) is 12.2. The van der Waals surface area contributed by atoms with Crippen LogP contribution < -0.4 is 5.32 Å². The molecule has 6 nitrogen and oxygen atoms in total. The number of nitriles is 1. The molecule has 1 aliphatic heterocycles. The normalized spacial score (nSPS) is 25.8. The van der Waals surface area contributed by atoms with Crippen molar-refractivity contribution in [2.75, 3.05) is 13.2 Å². The van der Waals surface area contributed by atoms with Crippen molar-refractivity contribution in [2.45, 2.75) is 24.6 Å². The Bertz CT molecular complexity index is 333. The summed E-state index contributed by atoms with van der Waals surface area (Å²) in [6, 6.07) is 1.73. The van der Waals surface area contributed by atoms with Crippen LogP contribution >= 0.6 is 0 Å². The largest absolute Gasteiger partial charge is 0.479 e. The van der Waals surface area contributed by atoms with Gasteiger partial charge in [-0.25, -0.2) is 9.18 Å². The summed E-state index contributed by atoms with van der Waals surface area (Å²) in [5.41, 5.74) is -1.59. The zero-order valence-electron chi connectivity index (χ0n) is 8.40. The third-order valence-corrected chi connectivity index (χ3v) is 2.28. The van der Waals surface area contributed by atoms with Crippen molar-refractivity contribution < 1.29 is 23.8 Å². The summed E-state index contributed by atoms with van der Waals surface area (Å²) in [6.45, 7) is -0.375. The second-order valence-corrected chi connectivity index (χ2v) is 3.41. The minimum absolute atomic E-state index is 0.235. The molecule has 1 fully saturated rings. The van der Waals surface area contributed by atoms with Crippen LogP contribution in [0, 0.1) is 11.3 Å². The van der Waals surface area contributed by atoms with Gasteiger partial charge in [-0.1, -0.05) is 0 Å². The zero-order valence-corrected chi connectivity index (χ0v) is 8.40. The quantitative estimate of drug-likeness (QED) is 0.684. The number of carboxylic acids is 1. The standard InChI is InChI=1S/C9H11FN2O4/c10-6(7(13)14)4-12-8(15)9(5-11)2-1-3-16-9/h6H,1-4H2,(H,12,15)(H,13,14)/t6-,9?/m0/s1. The van der Waals surface area contributed by atoms with E-state index in [4.69, 9.17) is 15.1 Å². The van der Waals surface area contributed by atoms with E-state index in [1.807, 2.05) is 0 Å². The second kappa shape index (κ2) is 4.90. The van der Waals surface area contributed by atoms with Crippen molar-refractivity contribution in [1.29, 1.82) is 5.26 Å².